The van der Waals surface area contributed by atoms with Crippen molar-refractivity contribution < 1.29 is 29.0 Å². The van der Waals surface area contributed by atoms with Gasteiger partial charge in [-0.05, 0) is 60.7 Å². The number of ether oxygens (including phenoxy) is 1. The smallest absolute Gasteiger partial charge is 0.317 e. The van der Waals surface area contributed by atoms with Gasteiger partial charge >= 0.3 is 11.9 Å². The highest BCUT2D eigenvalue weighted by molar-refractivity contribution is 6.31. The number of hydrogen-bond donors (Lipinski definition) is 1. The average molecular weight is 553 g/mol. The monoisotopic (exact) mass is 552 g/mol. The molecule has 0 saturated heterocycles. The topological polar surface area (TPSA) is 108 Å². The van der Waals surface area contributed by atoms with Crippen molar-refractivity contribution in [3.8, 4) is 5.75 Å². The van der Waals surface area contributed by atoms with Crippen LogP contribution in [0.1, 0.15) is 43.5 Å². The van der Waals surface area contributed by atoms with Crippen molar-refractivity contribution in [3.05, 3.63) is 111 Å². The maximum absolute atomic E-state index is 12.4. The first kappa shape index (κ1) is 26.9. The summed E-state index contributed by atoms with van der Waals surface area (Å²) in [6.07, 6.45) is 0.101. The number of hydrogen-bond acceptors (Lipinski definition) is 5. The van der Waals surface area contributed by atoms with Crippen LogP contribution in [0.5, 0.6) is 5.75 Å². The molecule has 5 rings (SSSR count). The zero-order valence-electron chi connectivity index (χ0n) is 20.4. The maximum atomic E-state index is 12.4. The van der Waals surface area contributed by atoms with Crippen molar-refractivity contribution >= 4 is 46.7 Å². The number of aromatic nitrogens is 2. The lowest BCUT2D eigenvalue weighted by Crippen LogP contribution is -2.11. The van der Waals surface area contributed by atoms with E-state index >= 15 is 0 Å². The molecule has 3 heterocycles. The van der Waals surface area contributed by atoms with E-state index < -0.39 is 5.97 Å². The number of halogens is 2. The standard InChI is InChI=1S/C14H10ClNO3.C14H12ClNO3/c1-16-10-7-13(17)19-12(10)6-11(16)14(18)8-2-4-9(15)5-3-8;1-16-11(8-13(17)18)6-7-12(16)14(19)9-2-4-10(15)5-3-9/h2-6H,7H2,1H3;2-7H,8H2,1H3,(H,17,18). The van der Waals surface area contributed by atoms with Gasteiger partial charge in [-0.1, -0.05) is 23.2 Å². The van der Waals surface area contributed by atoms with E-state index in [1.807, 2.05) is 0 Å². The van der Waals surface area contributed by atoms with E-state index in [0.29, 0.717) is 44.0 Å². The molecule has 0 unspecified atom stereocenters. The molecule has 0 saturated carbocycles. The van der Waals surface area contributed by atoms with Gasteiger partial charge in [0, 0.05) is 47.0 Å². The van der Waals surface area contributed by atoms with Gasteiger partial charge in [-0.3, -0.25) is 19.2 Å². The van der Waals surface area contributed by atoms with Gasteiger partial charge in [-0.25, -0.2) is 0 Å². The lowest BCUT2D eigenvalue weighted by Gasteiger charge is -2.06. The molecule has 0 fully saturated rings. The first-order chi connectivity index (χ1) is 18.0. The maximum Gasteiger partial charge on any atom is 0.317 e. The molecule has 0 radical (unpaired) electrons. The summed E-state index contributed by atoms with van der Waals surface area (Å²) in [6.45, 7) is 0. The minimum Gasteiger partial charge on any atom is -0.481 e. The second-order valence-corrected chi connectivity index (χ2v) is 9.43. The van der Waals surface area contributed by atoms with Crippen LogP contribution < -0.4 is 4.74 Å². The van der Waals surface area contributed by atoms with Gasteiger partial charge in [0.2, 0.25) is 11.6 Å². The van der Waals surface area contributed by atoms with Crippen LogP contribution in [0.25, 0.3) is 0 Å². The molecule has 0 bridgehead atoms. The van der Waals surface area contributed by atoms with E-state index in [9.17, 15) is 19.2 Å². The molecule has 0 atom stereocenters. The molecule has 1 N–H and O–H groups in total. The normalized spacial score (nSPS) is 11.8. The summed E-state index contributed by atoms with van der Waals surface area (Å²) >= 11 is 11.6. The van der Waals surface area contributed by atoms with Crippen LogP contribution in [0.15, 0.2) is 66.7 Å². The molecule has 1 aliphatic rings. The Balaban J connectivity index is 0.000000177. The molecule has 194 valence electrons. The molecule has 2 aromatic carbocycles. The number of aliphatic carboxylic acids is 1. The molecule has 4 aromatic rings. The van der Waals surface area contributed by atoms with E-state index in [-0.39, 0.29) is 30.4 Å². The second kappa shape index (κ2) is 11.1. The fourth-order valence-electron chi connectivity index (χ4n) is 4.03. The summed E-state index contributed by atoms with van der Waals surface area (Å²) in [5.74, 6) is -1.01. The number of carbonyl (C=O) groups excluding carboxylic acids is 3. The first-order valence-corrected chi connectivity index (χ1v) is 12.2. The lowest BCUT2D eigenvalue weighted by atomic mass is 10.1. The Morgan fingerprint density at radius 2 is 1.34 bits per heavy atom. The van der Waals surface area contributed by atoms with Crippen LogP contribution in [-0.2, 0) is 36.5 Å². The summed E-state index contributed by atoms with van der Waals surface area (Å²) in [6, 6.07) is 18.2. The molecule has 8 nitrogen and oxygen atoms in total. The van der Waals surface area contributed by atoms with Crippen LogP contribution in [0.2, 0.25) is 10.0 Å². The zero-order chi connectivity index (χ0) is 27.6. The van der Waals surface area contributed by atoms with Crippen molar-refractivity contribution in [1.82, 2.24) is 9.13 Å². The highest BCUT2D eigenvalue weighted by atomic mass is 35.5. The van der Waals surface area contributed by atoms with Gasteiger partial charge in [-0.2, -0.15) is 0 Å². The number of nitrogens with zero attached hydrogens (tertiary/aromatic N) is 2. The molecule has 10 heteroatoms. The molecular weight excluding hydrogens is 531 g/mol. The summed E-state index contributed by atoms with van der Waals surface area (Å²) in [5.41, 5.74) is 3.35. The third kappa shape index (κ3) is 5.72. The van der Waals surface area contributed by atoms with Gasteiger partial charge in [0.25, 0.3) is 0 Å². The number of carboxylic acid groups (broad SMARTS) is 1. The van der Waals surface area contributed by atoms with Crippen LogP contribution in [-0.4, -0.2) is 37.7 Å². The van der Waals surface area contributed by atoms with Gasteiger partial charge in [0.05, 0.1) is 29.9 Å². The first-order valence-electron chi connectivity index (χ1n) is 11.4. The highest BCUT2D eigenvalue weighted by Gasteiger charge is 2.28. The Kier molecular flexibility index (Phi) is 7.85. The number of esters is 1. The number of rotatable bonds is 6. The van der Waals surface area contributed by atoms with Gasteiger partial charge in [0.1, 0.15) is 0 Å². The SMILES string of the molecule is Cn1c(C(=O)c2ccc(Cl)cc2)cc2c1CC(=O)O2.Cn1c(CC(=O)O)ccc1C(=O)c1ccc(Cl)cc1. The number of ketones is 2. The number of benzene rings is 2. The van der Waals surface area contributed by atoms with Gasteiger partial charge in [0.15, 0.2) is 5.75 Å². The van der Waals surface area contributed by atoms with E-state index in [4.69, 9.17) is 33.0 Å². The molecule has 0 aliphatic carbocycles. The quantitative estimate of drug-likeness (QED) is 0.269. The lowest BCUT2D eigenvalue weighted by molar-refractivity contribution is -0.136. The Bertz CT molecular complexity index is 1550. The number of fused-ring (bicyclic) bond motifs is 1. The Labute approximate surface area is 228 Å². The van der Waals surface area contributed by atoms with Crippen LogP contribution >= 0.6 is 23.2 Å². The summed E-state index contributed by atoms with van der Waals surface area (Å²) in [4.78, 5) is 46.5. The van der Waals surface area contributed by atoms with E-state index in [1.165, 1.54) is 0 Å². The third-order valence-electron chi connectivity index (χ3n) is 6.09. The largest absolute Gasteiger partial charge is 0.481 e. The average Bonchev–Trinajstić information content (AvgIpc) is 3.52. The van der Waals surface area contributed by atoms with Gasteiger partial charge < -0.3 is 19.0 Å². The molecular formula is C28H22Cl2N2O6. The van der Waals surface area contributed by atoms with Crippen molar-refractivity contribution in [2.24, 2.45) is 14.1 Å². The highest BCUT2D eigenvalue weighted by Crippen LogP contribution is 2.30. The fraction of sp³-hybridized carbons (Fsp3) is 0.143. The predicted molar refractivity (Wildman–Crippen MR) is 141 cm³/mol. The number of carbonyl (C=O) groups is 4. The van der Waals surface area contributed by atoms with Crippen molar-refractivity contribution in [1.29, 1.82) is 0 Å². The number of carboxylic acids is 1. The van der Waals surface area contributed by atoms with E-state index in [1.54, 1.807) is 90.0 Å². The summed E-state index contributed by atoms with van der Waals surface area (Å²) in [7, 11) is 3.44. The second-order valence-electron chi connectivity index (χ2n) is 8.56. The van der Waals surface area contributed by atoms with Crippen LogP contribution in [0, 0.1) is 0 Å². The molecule has 0 spiro atoms. The Morgan fingerprint density at radius 3 is 1.84 bits per heavy atom. The molecule has 38 heavy (non-hydrogen) atoms. The minimum atomic E-state index is -0.924. The van der Waals surface area contributed by atoms with Crippen molar-refractivity contribution in [2.75, 3.05) is 0 Å². The van der Waals surface area contributed by atoms with E-state index in [2.05, 4.69) is 0 Å². The minimum absolute atomic E-state index is 0.107. The van der Waals surface area contributed by atoms with Crippen LogP contribution in [0.4, 0.5) is 0 Å². The predicted octanol–water partition coefficient (Wildman–Crippen LogP) is 4.91. The zero-order valence-corrected chi connectivity index (χ0v) is 21.9. The van der Waals surface area contributed by atoms with E-state index in [0.717, 1.165) is 5.69 Å². The molecule has 1 aliphatic heterocycles. The molecule has 0 amide bonds. The van der Waals surface area contributed by atoms with Crippen molar-refractivity contribution in [2.45, 2.75) is 12.8 Å². The summed E-state index contributed by atoms with van der Waals surface area (Å²) in [5, 5.41) is 9.92. The Hall–Kier alpha value is -4.14. The third-order valence-corrected chi connectivity index (χ3v) is 6.59. The fourth-order valence-corrected chi connectivity index (χ4v) is 4.29. The van der Waals surface area contributed by atoms with Crippen molar-refractivity contribution in [3.63, 3.8) is 0 Å². The molecule has 2 aromatic heterocycles. The summed E-state index contributed by atoms with van der Waals surface area (Å²) < 4.78 is 8.35. The Morgan fingerprint density at radius 1 is 0.816 bits per heavy atom. The van der Waals surface area contributed by atoms with Gasteiger partial charge in [-0.15, -0.1) is 0 Å². The van der Waals surface area contributed by atoms with Crippen LogP contribution in [0.3, 0.4) is 0 Å².